The topological polar surface area (TPSA) is 114 Å². The molecule has 0 heterocycles. The van der Waals surface area contributed by atoms with E-state index in [-0.39, 0.29) is 13.0 Å². The molecule has 0 saturated carbocycles. The van der Waals surface area contributed by atoms with Crippen LogP contribution in [0, 0.1) is 5.92 Å². The average molecular weight is 390 g/mol. The van der Waals surface area contributed by atoms with Gasteiger partial charge in [0, 0.05) is 0 Å². The van der Waals surface area contributed by atoms with Crippen molar-refractivity contribution in [2.24, 2.45) is 5.92 Å². The second-order valence-corrected chi connectivity index (χ2v) is 7.55. The molecule has 0 spiro atoms. The van der Waals surface area contributed by atoms with Gasteiger partial charge in [-0.3, -0.25) is 4.79 Å². The number of carbonyl (C=O) groups excluding carboxylic acids is 2. The van der Waals surface area contributed by atoms with E-state index in [1.165, 1.54) is 0 Å². The Morgan fingerprint density at radius 1 is 1.07 bits per heavy atom. The lowest BCUT2D eigenvalue weighted by atomic mass is 9.87. The van der Waals surface area contributed by atoms with Gasteiger partial charge >= 0.3 is 18.2 Å². The molecule has 2 amide bonds. The zero-order chi connectivity index (χ0) is 20.7. The number of hydrogen-bond donors (Lipinski definition) is 3. The van der Waals surface area contributed by atoms with Crippen molar-refractivity contribution in [2.45, 2.75) is 51.5 Å². The minimum absolute atomic E-state index is 0.0870. The largest absolute Gasteiger partial charge is 0.481 e. The van der Waals surface area contributed by atoms with E-state index >= 15 is 0 Å². The third-order valence-electron chi connectivity index (χ3n) is 4.01. The standard InChI is InChI=1S/C20H26N2O6/c1-20(2,3)28-19(26)21-14-9-10-16(15(11-14)17(23)24)22-18(25)27-12-13-7-5-4-6-8-13/h4-10,14-16H,11-12H2,1-3H3,(H,21,26)(H,22,25)(H,23,24). The lowest BCUT2D eigenvalue weighted by Crippen LogP contribution is -2.49. The monoisotopic (exact) mass is 390 g/mol. The Morgan fingerprint density at radius 3 is 2.36 bits per heavy atom. The summed E-state index contributed by atoms with van der Waals surface area (Å²) in [5, 5.41) is 14.7. The molecule has 1 aliphatic carbocycles. The van der Waals surface area contributed by atoms with E-state index in [1.807, 2.05) is 30.3 Å². The fraction of sp³-hybridized carbons (Fsp3) is 0.450. The number of alkyl carbamates (subject to hydrolysis) is 2. The van der Waals surface area contributed by atoms with Gasteiger partial charge in [-0.05, 0) is 32.8 Å². The van der Waals surface area contributed by atoms with Gasteiger partial charge in [-0.15, -0.1) is 0 Å². The molecule has 0 aromatic heterocycles. The minimum Gasteiger partial charge on any atom is -0.481 e. The molecule has 0 saturated heterocycles. The first-order valence-electron chi connectivity index (χ1n) is 9.02. The molecule has 3 unspecified atom stereocenters. The molecule has 1 aromatic rings. The summed E-state index contributed by atoms with van der Waals surface area (Å²) in [5.74, 6) is -1.98. The highest BCUT2D eigenvalue weighted by molar-refractivity contribution is 5.75. The maximum atomic E-state index is 12.0. The fourth-order valence-electron chi connectivity index (χ4n) is 2.76. The molecular weight excluding hydrogens is 364 g/mol. The van der Waals surface area contributed by atoms with Crippen molar-refractivity contribution < 1.29 is 29.0 Å². The SMILES string of the molecule is CC(C)(C)OC(=O)NC1C=CC(NC(=O)OCc2ccccc2)C(C(=O)O)C1. The summed E-state index contributed by atoms with van der Waals surface area (Å²) in [5.41, 5.74) is 0.176. The van der Waals surface area contributed by atoms with E-state index in [9.17, 15) is 19.5 Å². The van der Waals surface area contributed by atoms with Gasteiger partial charge < -0.3 is 25.2 Å². The van der Waals surface area contributed by atoms with Crippen LogP contribution in [0.4, 0.5) is 9.59 Å². The first-order chi connectivity index (χ1) is 13.1. The molecule has 0 bridgehead atoms. The van der Waals surface area contributed by atoms with Crippen LogP contribution in [0.1, 0.15) is 32.8 Å². The number of aliphatic carboxylic acids is 1. The number of benzene rings is 1. The third kappa shape index (κ3) is 6.94. The van der Waals surface area contributed by atoms with Crippen LogP contribution in [-0.4, -0.2) is 40.9 Å². The molecule has 2 rings (SSSR count). The molecule has 3 atom stereocenters. The van der Waals surface area contributed by atoms with Crippen LogP contribution in [0.5, 0.6) is 0 Å². The Hall–Kier alpha value is -3.03. The molecule has 1 aliphatic rings. The summed E-state index contributed by atoms with van der Waals surface area (Å²) in [6.07, 6.45) is 1.98. The van der Waals surface area contributed by atoms with Gasteiger partial charge in [0.25, 0.3) is 0 Å². The number of amides is 2. The number of ether oxygens (including phenoxy) is 2. The first-order valence-corrected chi connectivity index (χ1v) is 9.02. The minimum atomic E-state index is -1.08. The van der Waals surface area contributed by atoms with E-state index in [0.29, 0.717) is 0 Å². The molecule has 1 aromatic carbocycles. The van der Waals surface area contributed by atoms with E-state index in [2.05, 4.69) is 10.6 Å². The summed E-state index contributed by atoms with van der Waals surface area (Å²) in [6, 6.07) is 7.92. The van der Waals surface area contributed by atoms with Crippen molar-refractivity contribution in [3.05, 3.63) is 48.0 Å². The molecule has 0 fully saturated rings. The van der Waals surface area contributed by atoms with Crippen molar-refractivity contribution >= 4 is 18.2 Å². The molecule has 152 valence electrons. The maximum absolute atomic E-state index is 12.0. The first kappa shape index (κ1) is 21.3. The quantitative estimate of drug-likeness (QED) is 0.666. The van der Waals surface area contributed by atoms with Crippen LogP contribution in [0.2, 0.25) is 0 Å². The number of nitrogens with one attached hydrogen (secondary N) is 2. The van der Waals surface area contributed by atoms with Gasteiger partial charge in [0.1, 0.15) is 12.2 Å². The van der Waals surface area contributed by atoms with Crippen molar-refractivity contribution in [3.8, 4) is 0 Å². The van der Waals surface area contributed by atoms with Gasteiger partial charge in [-0.2, -0.15) is 0 Å². The maximum Gasteiger partial charge on any atom is 0.408 e. The summed E-state index contributed by atoms with van der Waals surface area (Å²) in [7, 11) is 0. The number of hydrogen-bond acceptors (Lipinski definition) is 5. The molecule has 0 aliphatic heterocycles. The average Bonchev–Trinajstić information content (AvgIpc) is 2.60. The fourth-order valence-corrected chi connectivity index (χ4v) is 2.76. The van der Waals surface area contributed by atoms with Gasteiger partial charge in [0.15, 0.2) is 0 Å². The lowest BCUT2D eigenvalue weighted by Gasteiger charge is -2.30. The van der Waals surface area contributed by atoms with Gasteiger partial charge in [-0.1, -0.05) is 42.5 Å². The van der Waals surface area contributed by atoms with Crippen LogP contribution in [0.15, 0.2) is 42.5 Å². The Morgan fingerprint density at radius 2 is 1.75 bits per heavy atom. The zero-order valence-corrected chi connectivity index (χ0v) is 16.2. The Balaban J connectivity index is 1.91. The van der Waals surface area contributed by atoms with Crippen LogP contribution >= 0.6 is 0 Å². The predicted molar refractivity (Wildman–Crippen MR) is 102 cm³/mol. The van der Waals surface area contributed by atoms with Crippen molar-refractivity contribution in [2.75, 3.05) is 0 Å². The second-order valence-electron chi connectivity index (χ2n) is 7.55. The molecule has 8 heteroatoms. The summed E-state index contributed by atoms with van der Waals surface area (Å²) in [6.45, 7) is 5.31. The smallest absolute Gasteiger partial charge is 0.408 e. The molecular formula is C20H26N2O6. The summed E-state index contributed by atoms with van der Waals surface area (Å²) >= 11 is 0. The van der Waals surface area contributed by atoms with E-state index in [1.54, 1.807) is 32.9 Å². The third-order valence-corrected chi connectivity index (χ3v) is 4.01. The van der Waals surface area contributed by atoms with Gasteiger partial charge in [0.2, 0.25) is 0 Å². The van der Waals surface area contributed by atoms with Crippen molar-refractivity contribution in [1.29, 1.82) is 0 Å². The van der Waals surface area contributed by atoms with Crippen molar-refractivity contribution in [1.82, 2.24) is 10.6 Å². The van der Waals surface area contributed by atoms with Crippen molar-refractivity contribution in [3.63, 3.8) is 0 Å². The number of carboxylic acids is 1. The van der Waals surface area contributed by atoms with Crippen LogP contribution in [0.25, 0.3) is 0 Å². The molecule has 0 radical (unpaired) electrons. The summed E-state index contributed by atoms with van der Waals surface area (Å²) < 4.78 is 10.3. The van der Waals surface area contributed by atoms with E-state index in [4.69, 9.17) is 9.47 Å². The van der Waals surface area contributed by atoms with Gasteiger partial charge in [-0.25, -0.2) is 9.59 Å². The van der Waals surface area contributed by atoms with Crippen LogP contribution < -0.4 is 10.6 Å². The Bertz CT molecular complexity index is 726. The highest BCUT2D eigenvalue weighted by Gasteiger charge is 2.34. The lowest BCUT2D eigenvalue weighted by molar-refractivity contribution is -0.142. The second kappa shape index (κ2) is 9.25. The predicted octanol–water partition coefficient (Wildman–Crippen LogP) is 2.84. The normalized spacial score (nSPS) is 21.5. The summed E-state index contributed by atoms with van der Waals surface area (Å²) in [4.78, 5) is 35.5. The number of rotatable bonds is 5. The molecule has 3 N–H and O–H groups in total. The van der Waals surface area contributed by atoms with Crippen LogP contribution in [-0.2, 0) is 20.9 Å². The number of carbonyl (C=O) groups is 3. The Kier molecular flexibility index (Phi) is 7.03. The number of carboxylic acid groups (broad SMARTS) is 1. The Labute approximate surface area is 163 Å². The molecule has 8 nitrogen and oxygen atoms in total. The molecule has 28 heavy (non-hydrogen) atoms. The van der Waals surface area contributed by atoms with E-state index < -0.39 is 41.8 Å². The van der Waals surface area contributed by atoms with Crippen LogP contribution in [0.3, 0.4) is 0 Å². The highest BCUT2D eigenvalue weighted by Crippen LogP contribution is 2.21. The highest BCUT2D eigenvalue weighted by atomic mass is 16.6. The van der Waals surface area contributed by atoms with Gasteiger partial charge in [0.05, 0.1) is 18.0 Å². The zero-order valence-electron chi connectivity index (χ0n) is 16.2. The van der Waals surface area contributed by atoms with E-state index in [0.717, 1.165) is 5.56 Å².